The molecular weight excluding hydrogens is 539 g/mol. The van der Waals surface area contributed by atoms with Crippen LogP contribution in [0.1, 0.15) is 33.9 Å². The van der Waals surface area contributed by atoms with Gasteiger partial charge in [-0.25, -0.2) is 9.40 Å². The maximum absolute atomic E-state index is 14.0. The van der Waals surface area contributed by atoms with Crippen molar-refractivity contribution < 1.29 is 28.2 Å². The van der Waals surface area contributed by atoms with E-state index in [2.05, 4.69) is 4.90 Å². The highest BCUT2D eigenvalue weighted by molar-refractivity contribution is 6.04. The summed E-state index contributed by atoms with van der Waals surface area (Å²) in [5.41, 5.74) is 2.67. The molecule has 2 aliphatic heterocycles. The fraction of sp³-hybridized carbons (Fsp3) is 0.344. The zero-order chi connectivity index (χ0) is 29.5. The number of hydrogen-bond donors (Lipinski definition) is 0. The van der Waals surface area contributed by atoms with Crippen LogP contribution < -0.4 is 9.47 Å². The normalized spacial score (nSPS) is 17.1. The summed E-state index contributed by atoms with van der Waals surface area (Å²) >= 11 is 0. The molecule has 0 N–H and O–H groups in total. The van der Waals surface area contributed by atoms with E-state index in [1.807, 2.05) is 48.5 Å². The summed E-state index contributed by atoms with van der Waals surface area (Å²) in [7, 11) is 3.21. The lowest BCUT2D eigenvalue weighted by molar-refractivity contribution is -0.133. The molecule has 3 aromatic carbocycles. The van der Waals surface area contributed by atoms with E-state index in [9.17, 15) is 14.0 Å². The van der Waals surface area contributed by atoms with E-state index in [1.165, 1.54) is 28.1 Å². The van der Waals surface area contributed by atoms with Gasteiger partial charge in [0.1, 0.15) is 23.9 Å². The molecule has 0 aliphatic carbocycles. The largest absolute Gasteiger partial charge is 0.497 e. The van der Waals surface area contributed by atoms with Gasteiger partial charge in [-0.2, -0.15) is 5.10 Å². The fourth-order valence-electron chi connectivity index (χ4n) is 5.18. The second-order valence-electron chi connectivity index (χ2n) is 10.2. The van der Waals surface area contributed by atoms with Crippen molar-refractivity contribution >= 4 is 17.5 Å². The first-order chi connectivity index (χ1) is 20.4. The lowest BCUT2D eigenvalue weighted by atomic mass is 9.98. The van der Waals surface area contributed by atoms with Crippen molar-refractivity contribution in [3.05, 3.63) is 95.3 Å². The molecule has 10 heteroatoms. The molecule has 2 aliphatic rings. The molecule has 2 heterocycles. The molecule has 5 rings (SSSR count). The number of nitrogens with zero attached hydrogens (tertiary/aromatic N) is 4. The summed E-state index contributed by atoms with van der Waals surface area (Å²) in [5.74, 6) is 0.148. The van der Waals surface area contributed by atoms with Gasteiger partial charge in [0.15, 0.2) is 0 Å². The third-order valence-corrected chi connectivity index (χ3v) is 7.54. The van der Waals surface area contributed by atoms with E-state index < -0.39 is 11.7 Å². The van der Waals surface area contributed by atoms with Crippen LogP contribution in [-0.4, -0.2) is 92.5 Å². The quantitative estimate of drug-likeness (QED) is 0.364. The van der Waals surface area contributed by atoms with E-state index in [1.54, 1.807) is 20.3 Å². The molecule has 0 saturated carbocycles. The van der Waals surface area contributed by atoms with Crippen molar-refractivity contribution in [2.75, 3.05) is 60.2 Å². The number of carbonyl (C=O) groups is 2. The van der Waals surface area contributed by atoms with E-state index in [0.29, 0.717) is 44.2 Å². The minimum absolute atomic E-state index is 0.193. The first kappa shape index (κ1) is 29.2. The molecule has 0 aromatic heterocycles. The number of methoxy groups -OCH3 is 2. The van der Waals surface area contributed by atoms with Crippen LogP contribution in [0.3, 0.4) is 0 Å². The van der Waals surface area contributed by atoms with Gasteiger partial charge in [0.2, 0.25) is 0 Å². The summed E-state index contributed by atoms with van der Waals surface area (Å²) in [6, 6.07) is 20.3. The highest BCUT2D eigenvalue weighted by Crippen LogP contribution is 2.34. The number of rotatable bonds is 10. The van der Waals surface area contributed by atoms with Crippen LogP contribution in [-0.2, 0) is 9.53 Å². The zero-order valence-corrected chi connectivity index (χ0v) is 23.9. The fourth-order valence-corrected chi connectivity index (χ4v) is 5.18. The van der Waals surface area contributed by atoms with Crippen LogP contribution in [0.25, 0.3) is 0 Å². The zero-order valence-electron chi connectivity index (χ0n) is 23.9. The maximum Gasteiger partial charge on any atom is 0.262 e. The highest BCUT2D eigenvalue weighted by atomic mass is 19.1. The van der Waals surface area contributed by atoms with Gasteiger partial charge in [-0.05, 0) is 48.0 Å². The molecule has 1 fully saturated rings. The molecule has 1 saturated heterocycles. The van der Waals surface area contributed by atoms with Gasteiger partial charge < -0.3 is 19.1 Å². The number of morpholine rings is 1. The summed E-state index contributed by atoms with van der Waals surface area (Å²) in [6.07, 6.45) is 0.483. The molecule has 0 radical (unpaired) electrons. The lowest BCUT2D eigenvalue weighted by Gasteiger charge is -2.31. The van der Waals surface area contributed by atoms with E-state index in [4.69, 9.17) is 19.3 Å². The summed E-state index contributed by atoms with van der Waals surface area (Å²) in [4.78, 5) is 31.2. The summed E-state index contributed by atoms with van der Waals surface area (Å²) in [5, 5.41) is 6.24. The Kier molecular flexibility index (Phi) is 9.45. The van der Waals surface area contributed by atoms with Crippen molar-refractivity contribution in [3.63, 3.8) is 0 Å². The number of hydrogen-bond acceptors (Lipinski definition) is 7. The highest BCUT2D eigenvalue weighted by Gasteiger charge is 2.35. The third-order valence-electron chi connectivity index (χ3n) is 7.54. The average Bonchev–Trinajstić information content (AvgIpc) is 3.49. The lowest BCUT2D eigenvalue weighted by Crippen LogP contribution is -2.46. The number of amides is 2. The molecule has 2 amide bonds. The van der Waals surface area contributed by atoms with Gasteiger partial charge in [0.25, 0.3) is 11.8 Å². The predicted molar refractivity (Wildman–Crippen MR) is 156 cm³/mol. The Morgan fingerprint density at radius 2 is 1.71 bits per heavy atom. The maximum atomic E-state index is 14.0. The van der Waals surface area contributed by atoms with Gasteiger partial charge in [0.05, 0.1) is 39.2 Å². The van der Waals surface area contributed by atoms with Crippen molar-refractivity contribution in [3.8, 4) is 11.5 Å². The van der Waals surface area contributed by atoms with Crippen LogP contribution in [0.5, 0.6) is 11.5 Å². The van der Waals surface area contributed by atoms with Crippen molar-refractivity contribution in [1.29, 1.82) is 0 Å². The average molecular weight is 575 g/mol. The van der Waals surface area contributed by atoms with Crippen LogP contribution in [0, 0.1) is 5.82 Å². The Balaban J connectivity index is 1.42. The predicted octanol–water partition coefficient (Wildman–Crippen LogP) is 4.00. The molecule has 3 aromatic rings. The Morgan fingerprint density at radius 1 is 0.976 bits per heavy atom. The molecule has 42 heavy (non-hydrogen) atoms. The van der Waals surface area contributed by atoms with Gasteiger partial charge >= 0.3 is 0 Å². The third kappa shape index (κ3) is 6.95. The SMILES string of the molecule is COc1ccc([C@H]2CC(c3cccc(OC)c3)=NN2C(=O)CN(CCN2CCOCC2)C(=O)c2cccc(F)c2)cc1. The number of benzene rings is 3. The Labute approximate surface area is 245 Å². The Bertz CT molecular complexity index is 1420. The molecule has 0 unspecified atom stereocenters. The molecule has 9 nitrogen and oxygen atoms in total. The topological polar surface area (TPSA) is 83.9 Å². The Hall–Kier alpha value is -4.28. The smallest absolute Gasteiger partial charge is 0.262 e. The second-order valence-corrected chi connectivity index (χ2v) is 10.2. The van der Waals surface area contributed by atoms with E-state index in [0.717, 1.165) is 29.9 Å². The van der Waals surface area contributed by atoms with Gasteiger partial charge in [-0.3, -0.25) is 14.5 Å². The van der Waals surface area contributed by atoms with Crippen LogP contribution in [0.15, 0.2) is 77.9 Å². The first-order valence-corrected chi connectivity index (χ1v) is 14.0. The number of halogens is 1. The Morgan fingerprint density at radius 3 is 2.43 bits per heavy atom. The molecule has 0 bridgehead atoms. The molecule has 0 spiro atoms. The minimum Gasteiger partial charge on any atom is -0.497 e. The van der Waals surface area contributed by atoms with Gasteiger partial charge in [-0.15, -0.1) is 0 Å². The van der Waals surface area contributed by atoms with Gasteiger partial charge in [0, 0.05) is 43.7 Å². The second kappa shape index (κ2) is 13.6. The van der Waals surface area contributed by atoms with E-state index in [-0.39, 0.29) is 24.1 Å². The summed E-state index contributed by atoms with van der Waals surface area (Å²) in [6.45, 7) is 3.39. The first-order valence-electron chi connectivity index (χ1n) is 14.0. The van der Waals surface area contributed by atoms with Crippen LogP contribution in [0.2, 0.25) is 0 Å². The number of carbonyl (C=O) groups excluding carboxylic acids is 2. The number of hydrazone groups is 1. The number of ether oxygens (including phenoxy) is 3. The van der Waals surface area contributed by atoms with Crippen molar-refractivity contribution in [2.24, 2.45) is 5.10 Å². The minimum atomic E-state index is -0.507. The van der Waals surface area contributed by atoms with E-state index >= 15 is 0 Å². The molecule has 1 atom stereocenters. The molecule has 220 valence electrons. The monoisotopic (exact) mass is 574 g/mol. The van der Waals surface area contributed by atoms with Crippen molar-refractivity contribution in [1.82, 2.24) is 14.8 Å². The van der Waals surface area contributed by atoms with Crippen LogP contribution >= 0.6 is 0 Å². The van der Waals surface area contributed by atoms with Gasteiger partial charge in [-0.1, -0.05) is 30.3 Å². The standard InChI is InChI=1S/C32H35FN4O5/c1-40-27-11-9-23(10-12-27)30-21-29(24-5-4-8-28(20-24)41-2)34-37(30)31(38)22-36(14-13-35-15-17-42-18-16-35)32(39)25-6-3-7-26(33)19-25/h3-12,19-20,30H,13-18,21-22H2,1-2H3/t30-/m1/s1. The van der Waals surface area contributed by atoms with Crippen molar-refractivity contribution in [2.45, 2.75) is 12.5 Å². The molecular formula is C32H35FN4O5. The summed E-state index contributed by atoms with van der Waals surface area (Å²) < 4.78 is 30.2. The van der Waals surface area contributed by atoms with Crippen LogP contribution in [0.4, 0.5) is 4.39 Å².